The number of amides is 1. The lowest BCUT2D eigenvalue weighted by atomic mass is 10.0. The molecule has 3 N–H and O–H groups in total. The second-order valence-electron chi connectivity index (χ2n) is 8.99. The Balaban J connectivity index is 1.33. The zero-order chi connectivity index (χ0) is 24.2. The molecule has 0 radical (unpaired) electrons. The predicted molar refractivity (Wildman–Crippen MR) is 136 cm³/mol. The third-order valence-corrected chi connectivity index (χ3v) is 6.76. The van der Waals surface area contributed by atoms with Gasteiger partial charge in [-0.25, -0.2) is 9.37 Å². The van der Waals surface area contributed by atoms with E-state index in [9.17, 15) is 9.18 Å². The van der Waals surface area contributed by atoms with E-state index >= 15 is 0 Å². The summed E-state index contributed by atoms with van der Waals surface area (Å²) in [6.45, 7) is 2.55. The van der Waals surface area contributed by atoms with Gasteiger partial charge >= 0.3 is 0 Å². The average Bonchev–Trinajstić information content (AvgIpc) is 3.36. The maximum Gasteiger partial charge on any atom is 0.251 e. The highest BCUT2D eigenvalue weighted by Crippen LogP contribution is 2.38. The molecule has 0 saturated carbocycles. The standard InChI is InChI=1S/C26H28ClFN6O/c27-22-16-30-26(33-24(22)34-12-4-10-23(34)17-5-1-7-19(28)13-17)32-20-8-2-6-18(14-20)25(35)31-21-9-3-11-29-15-21/h1-2,5-8,13-14,16,21,23,29H,3-4,9-12,15H2,(H,31,35)(H,30,32,33). The summed E-state index contributed by atoms with van der Waals surface area (Å²) in [6, 6.07) is 14.1. The molecule has 2 aliphatic rings. The minimum Gasteiger partial charge on any atom is -0.348 e. The van der Waals surface area contributed by atoms with Crippen molar-refractivity contribution in [2.45, 2.75) is 37.8 Å². The first kappa shape index (κ1) is 23.5. The lowest BCUT2D eigenvalue weighted by Crippen LogP contribution is -2.45. The van der Waals surface area contributed by atoms with E-state index in [1.165, 1.54) is 6.07 Å². The van der Waals surface area contributed by atoms with Gasteiger partial charge in [0.05, 0.1) is 12.2 Å². The van der Waals surface area contributed by atoms with E-state index in [1.54, 1.807) is 30.5 Å². The fourth-order valence-electron chi connectivity index (χ4n) is 4.81. The smallest absolute Gasteiger partial charge is 0.251 e. The van der Waals surface area contributed by atoms with Crippen molar-refractivity contribution in [1.82, 2.24) is 20.6 Å². The molecule has 182 valence electrons. The molecule has 9 heteroatoms. The minimum absolute atomic E-state index is 0.00718. The molecule has 2 unspecified atom stereocenters. The number of piperidine rings is 1. The number of nitrogens with one attached hydrogen (secondary N) is 3. The number of anilines is 3. The maximum atomic E-state index is 13.8. The molecule has 35 heavy (non-hydrogen) atoms. The van der Waals surface area contributed by atoms with Crippen LogP contribution >= 0.6 is 11.6 Å². The van der Waals surface area contributed by atoms with Gasteiger partial charge in [0, 0.05) is 30.4 Å². The van der Waals surface area contributed by atoms with E-state index in [2.05, 4.69) is 30.8 Å². The van der Waals surface area contributed by atoms with Gasteiger partial charge in [0.1, 0.15) is 10.8 Å². The van der Waals surface area contributed by atoms with Crippen LogP contribution in [-0.2, 0) is 0 Å². The Hall–Kier alpha value is -3.23. The van der Waals surface area contributed by atoms with Crippen molar-refractivity contribution in [3.05, 3.63) is 76.7 Å². The topological polar surface area (TPSA) is 82.2 Å². The average molecular weight is 495 g/mol. The summed E-state index contributed by atoms with van der Waals surface area (Å²) >= 11 is 6.50. The fourth-order valence-corrected chi connectivity index (χ4v) is 5.01. The Morgan fingerprint density at radius 3 is 2.86 bits per heavy atom. The Morgan fingerprint density at radius 1 is 1.14 bits per heavy atom. The van der Waals surface area contributed by atoms with Crippen molar-refractivity contribution >= 4 is 35.0 Å². The number of nitrogens with zero attached hydrogens (tertiary/aromatic N) is 3. The predicted octanol–water partition coefficient (Wildman–Crippen LogP) is 4.84. The summed E-state index contributed by atoms with van der Waals surface area (Å²) < 4.78 is 13.8. The van der Waals surface area contributed by atoms with E-state index in [1.807, 2.05) is 18.2 Å². The molecule has 2 fully saturated rings. The van der Waals surface area contributed by atoms with Gasteiger partial charge in [0.15, 0.2) is 5.82 Å². The van der Waals surface area contributed by atoms with Crippen molar-refractivity contribution in [1.29, 1.82) is 0 Å². The summed E-state index contributed by atoms with van der Waals surface area (Å²) in [5, 5.41) is 10.0. The van der Waals surface area contributed by atoms with Gasteiger partial charge in [-0.15, -0.1) is 0 Å². The molecule has 2 atom stereocenters. The van der Waals surface area contributed by atoms with Gasteiger partial charge in [0.2, 0.25) is 5.95 Å². The summed E-state index contributed by atoms with van der Waals surface area (Å²) in [4.78, 5) is 23.9. The molecule has 1 aromatic heterocycles. The van der Waals surface area contributed by atoms with Crippen molar-refractivity contribution in [3.8, 4) is 0 Å². The number of halogens is 2. The first-order valence-corrected chi connectivity index (χ1v) is 12.4. The number of hydrogen-bond donors (Lipinski definition) is 3. The SMILES string of the molecule is O=C(NC1CCCNC1)c1cccc(Nc2ncc(Cl)c(N3CCCC3c3cccc(F)c3)n2)c1. The van der Waals surface area contributed by atoms with Gasteiger partial charge in [-0.3, -0.25) is 4.79 Å². The highest BCUT2D eigenvalue weighted by Gasteiger charge is 2.29. The lowest BCUT2D eigenvalue weighted by molar-refractivity contribution is 0.0930. The Morgan fingerprint density at radius 2 is 2.03 bits per heavy atom. The third kappa shape index (κ3) is 5.55. The van der Waals surface area contributed by atoms with Crippen LogP contribution in [0.1, 0.15) is 47.6 Å². The van der Waals surface area contributed by atoms with Gasteiger partial charge in [-0.1, -0.05) is 29.8 Å². The number of aromatic nitrogens is 2. The highest BCUT2D eigenvalue weighted by atomic mass is 35.5. The van der Waals surface area contributed by atoms with Crippen LogP contribution in [0.25, 0.3) is 0 Å². The zero-order valence-corrected chi connectivity index (χ0v) is 20.1. The lowest BCUT2D eigenvalue weighted by Gasteiger charge is -2.27. The summed E-state index contributed by atoms with van der Waals surface area (Å²) in [6.07, 6.45) is 5.45. The quantitative estimate of drug-likeness (QED) is 0.455. The van der Waals surface area contributed by atoms with Crippen LogP contribution in [0.4, 0.5) is 21.8 Å². The number of benzene rings is 2. The highest BCUT2D eigenvalue weighted by molar-refractivity contribution is 6.32. The molecule has 7 nitrogen and oxygen atoms in total. The van der Waals surface area contributed by atoms with E-state index < -0.39 is 0 Å². The van der Waals surface area contributed by atoms with Crippen molar-refractivity contribution in [2.75, 3.05) is 29.9 Å². The summed E-state index contributed by atoms with van der Waals surface area (Å²) in [7, 11) is 0. The molecule has 3 heterocycles. The van der Waals surface area contributed by atoms with Crippen LogP contribution in [0.5, 0.6) is 0 Å². The van der Waals surface area contributed by atoms with Crippen LogP contribution in [-0.4, -0.2) is 41.6 Å². The molecule has 0 aliphatic carbocycles. The van der Waals surface area contributed by atoms with E-state index in [0.29, 0.717) is 28.0 Å². The Bertz CT molecular complexity index is 1200. The summed E-state index contributed by atoms with van der Waals surface area (Å²) in [5.41, 5.74) is 2.18. The van der Waals surface area contributed by atoms with Crippen LogP contribution in [0.15, 0.2) is 54.7 Å². The number of rotatable bonds is 6. The van der Waals surface area contributed by atoms with E-state index in [0.717, 1.165) is 50.9 Å². The Labute approximate surface area is 209 Å². The van der Waals surface area contributed by atoms with Crippen LogP contribution in [0, 0.1) is 5.82 Å². The Kier molecular flexibility index (Phi) is 7.11. The summed E-state index contributed by atoms with van der Waals surface area (Å²) in [5.74, 6) is 0.627. The molecular formula is C26H28ClFN6O. The third-order valence-electron chi connectivity index (χ3n) is 6.50. The number of carbonyl (C=O) groups excluding carboxylic acids is 1. The fraction of sp³-hybridized carbons (Fsp3) is 0.346. The normalized spacial score (nSPS) is 20.0. The molecule has 0 bridgehead atoms. The first-order chi connectivity index (χ1) is 17.1. The second-order valence-corrected chi connectivity index (χ2v) is 9.40. The molecule has 3 aromatic rings. The molecular weight excluding hydrogens is 467 g/mol. The van der Waals surface area contributed by atoms with Gasteiger partial charge in [-0.2, -0.15) is 4.98 Å². The molecule has 0 spiro atoms. The zero-order valence-electron chi connectivity index (χ0n) is 19.3. The minimum atomic E-state index is -0.255. The molecule has 1 amide bonds. The van der Waals surface area contributed by atoms with Crippen molar-refractivity contribution < 1.29 is 9.18 Å². The van der Waals surface area contributed by atoms with Gasteiger partial charge < -0.3 is 20.9 Å². The molecule has 2 aromatic carbocycles. The van der Waals surface area contributed by atoms with Gasteiger partial charge in [0.25, 0.3) is 5.91 Å². The van der Waals surface area contributed by atoms with Crippen molar-refractivity contribution in [2.24, 2.45) is 0 Å². The van der Waals surface area contributed by atoms with Crippen LogP contribution < -0.4 is 20.9 Å². The molecule has 5 rings (SSSR count). The monoisotopic (exact) mass is 494 g/mol. The maximum absolute atomic E-state index is 13.8. The second kappa shape index (κ2) is 10.6. The largest absolute Gasteiger partial charge is 0.348 e. The first-order valence-electron chi connectivity index (χ1n) is 12.0. The van der Waals surface area contributed by atoms with E-state index in [4.69, 9.17) is 11.6 Å². The molecule has 2 aliphatic heterocycles. The van der Waals surface area contributed by atoms with Crippen LogP contribution in [0.3, 0.4) is 0 Å². The van der Waals surface area contributed by atoms with Crippen LogP contribution in [0.2, 0.25) is 5.02 Å². The number of hydrogen-bond acceptors (Lipinski definition) is 6. The molecule has 2 saturated heterocycles. The van der Waals surface area contributed by atoms with Crippen molar-refractivity contribution in [3.63, 3.8) is 0 Å². The number of carbonyl (C=O) groups is 1. The van der Waals surface area contributed by atoms with Gasteiger partial charge in [-0.05, 0) is 68.1 Å². The van der Waals surface area contributed by atoms with E-state index in [-0.39, 0.29) is 23.8 Å².